The monoisotopic (exact) mass is 334 g/mol. The summed E-state index contributed by atoms with van der Waals surface area (Å²) in [6.45, 7) is 0. The van der Waals surface area contributed by atoms with E-state index >= 15 is 0 Å². The van der Waals surface area contributed by atoms with Crippen molar-refractivity contribution in [3.8, 4) is 5.75 Å². The summed E-state index contributed by atoms with van der Waals surface area (Å²) < 4.78 is 10.5. The molecule has 0 amide bonds. The minimum Gasteiger partial charge on any atom is -0.462 e. The Balaban J connectivity index is 1.93. The molecule has 0 aliphatic carbocycles. The second-order valence-corrected chi connectivity index (χ2v) is 5.31. The molecule has 6 heteroatoms. The van der Waals surface area contributed by atoms with Crippen LogP contribution in [0.3, 0.4) is 0 Å². The van der Waals surface area contributed by atoms with Gasteiger partial charge in [-0.05, 0) is 30.3 Å². The van der Waals surface area contributed by atoms with Crippen molar-refractivity contribution >= 4 is 40.1 Å². The molecule has 110 valence electrons. The zero-order valence-corrected chi connectivity index (χ0v) is 12.5. The number of hydrogen-bond acceptors (Lipinski definition) is 4. The van der Waals surface area contributed by atoms with Gasteiger partial charge in [0.05, 0.1) is 10.9 Å². The Labute approximate surface area is 134 Å². The smallest absolute Gasteiger partial charge is 0.343 e. The first-order valence-electron chi connectivity index (χ1n) is 6.23. The zero-order chi connectivity index (χ0) is 15.7. The molecule has 3 rings (SSSR count). The van der Waals surface area contributed by atoms with Crippen LogP contribution in [-0.4, -0.2) is 5.97 Å². The standard InChI is InChI=1S/C16H8Cl2O4/c17-10-3-1-2-9(6-10)16(20)22-11-4-5-12-14(7-11)21-8-13(18)15(12)19/h1-8H. The van der Waals surface area contributed by atoms with Gasteiger partial charge >= 0.3 is 5.97 Å². The molecule has 0 bridgehead atoms. The SMILES string of the molecule is O=C(Oc1ccc2c(=O)c(Cl)coc2c1)c1cccc(Cl)c1. The quantitative estimate of drug-likeness (QED) is 0.517. The molecule has 0 aliphatic heterocycles. The van der Waals surface area contributed by atoms with E-state index in [1.165, 1.54) is 24.3 Å². The van der Waals surface area contributed by atoms with Crippen molar-refractivity contribution in [1.29, 1.82) is 0 Å². The van der Waals surface area contributed by atoms with Crippen LogP contribution in [0, 0.1) is 0 Å². The van der Waals surface area contributed by atoms with E-state index in [1.807, 2.05) is 0 Å². The van der Waals surface area contributed by atoms with Crippen LogP contribution >= 0.6 is 23.2 Å². The number of esters is 1. The fourth-order valence-corrected chi connectivity index (χ4v) is 2.27. The first-order valence-corrected chi connectivity index (χ1v) is 6.99. The third-order valence-electron chi connectivity index (χ3n) is 2.97. The fourth-order valence-electron chi connectivity index (χ4n) is 1.93. The van der Waals surface area contributed by atoms with Crippen LogP contribution in [0.4, 0.5) is 0 Å². The lowest BCUT2D eigenvalue weighted by Crippen LogP contribution is -2.08. The highest BCUT2D eigenvalue weighted by molar-refractivity contribution is 6.31. The van der Waals surface area contributed by atoms with Gasteiger partial charge in [0.15, 0.2) is 0 Å². The van der Waals surface area contributed by atoms with Crippen molar-refractivity contribution in [3.63, 3.8) is 0 Å². The molecule has 1 aromatic heterocycles. The molecule has 0 radical (unpaired) electrons. The number of carbonyl (C=O) groups excluding carboxylic acids is 1. The Morgan fingerprint density at radius 3 is 2.68 bits per heavy atom. The van der Waals surface area contributed by atoms with E-state index < -0.39 is 5.97 Å². The van der Waals surface area contributed by atoms with E-state index in [0.29, 0.717) is 16.0 Å². The van der Waals surface area contributed by atoms with Crippen LogP contribution in [0.15, 0.2) is 57.9 Å². The summed E-state index contributed by atoms with van der Waals surface area (Å²) in [6, 6.07) is 10.9. The number of ether oxygens (including phenoxy) is 1. The summed E-state index contributed by atoms with van der Waals surface area (Å²) in [7, 11) is 0. The molecule has 0 fully saturated rings. The highest BCUT2D eigenvalue weighted by atomic mass is 35.5. The Morgan fingerprint density at radius 1 is 1.09 bits per heavy atom. The maximum absolute atomic E-state index is 12.0. The Hall–Kier alpha value is -2.30. The normalized spacial score (nSPS) is 10.6. The van der Waals surface area contributed by atoms with Gasteiger partial charge in [0.25, 0.3) is 0 Å². The number of hydrogen-bond donors (Lipinski definition) is 0. The molecular weight excluding hydrogens is 327 g/mol. The molecule has 0 N–H and O–H groups in total. The second kappa shape index (κ2) is 5.83. The molecule has 0 saturated carbocycles. The number of rotatable bonds is 2. The van der Waals surface area contributed by atoms with Gasteiger partial charge in [-0.15, -0.1) is 0 Å². The van der Waals surface area contributed by atoms with Crippen LogP contribution in [0.1, 0.15) is 10.4 Å². The number of halogens is 2. The van der Waals surface area contributed by atoms with Crippen molar-refractivity contribution < 1.29 is 13.9 Å². The van der Waals surface area contributed by atoms with E-state index in [4.69, 9.17) is 32.4 Å². The second-order valence-electron chi connectivity index (χ2n) is 4.47. The minimum absolute atomic E-state index is 0.00354. The van der Waals surface area contributed by atoms with Crippen molar-refractivity contribution in [1.82, 2.24) is 0 Å². The summed E-state index contributed by atoms with van der Waals surface area (Å²) in [5.74, 6) is -0.305. The highest BCUT2D eigenvalue weighted by Crippen LogP contribution is 2.21. The summed E-state index contributed by atoms with van der Waals surface area (Å²) in [6.07, 6.45) is 1.15. The van der Waals surface area contributed by atoms with Crippen molar-refractivity contribution in [3.05, 3.63) is 74.6 Å². The van der Waals surface area contributed by atoms with Crippen molar-refractivity contribution in [2.45, 2.75) is 0 Å². The zero-order valence-electron chi connectivity index (χ0n) is 11.0. The molecule has 0 aliphatic rings. The molecule has 0 atom stereocenters. The van der Waals surface area contributed by atoms with Crippen molar-refractivity contribution in [2.75, 3.05) is 0 Å². The van der Waals surface area contributed by atoms with Gasteiger partial charge in [-0.25, -0.2) is 4.79 Å². The Morgan fingerprint density at radius 2 is 1.91 bits per heavy atom. The maximum Gasteiger partial charge on any atom is 0.343 e. The van der Waals surface area contributed by atoms with Crippen LogP contribution in [0.2, 0.25) is 10.0 Å². The molecule has 0 saturated heterocycles. The summed E-state index contributed by atoms with van der Waals surface area (Å²) >= 11 is 11.5. The molecule has 2 aromatic carbocycles. The first kappa shape index (κ1) is 14.6. The van der Waals surface area contributed by atoms with Crippen LogP contribution in [0.25, 0.3) is 11.0 Å². The van der Waals surface area contributed by atoms with E-state index in [9.17, 15) is 9.59 Å². The summed E-state index contributed by atoms with van der Waals surface area (Å²) in [5.41, 5.74) is 0.270. The average molecular weight is 335 g/mol. The lowest BCUT2D eigenvalue weighted by molar-refractivity contribution is 0.0735. The summed E-state index contributed by atoms with van der Waals surface area (Å²) in [4.78, 5) is 23.8. The van der Waals surface area contributed by atoms with E-state index in [1.54, 1.807) is 18.2 Å². The predicted octanol–water partition coefficient (Wildman–Crippen LogP) is 4.32. The summed E-state index contributed by atoms with van der Waals surface area (Å²) in [5, 5.41) is 0.750. The molecule has 1 heterocycles. The molecular formula is C16H8Cl2O4. The first-order chi connectivity index (χ1) is 10.5. The lowest BCUT2D eigenvalue weighted by atomic mass is 10.2. The van der Waals surface area contributed by atoms with E-state index in [2.05, 4.69) is 0 Å². The number of carbonyl (C=O) groups is 1. The maximum atomic E-state index is 12.0. The van der Waals surface area contributed by atoms with Gasteiger partial charge in [0, 0.05) is 11.1 Å². The van der Waals surface area contributed by atoms with Gasteiger partial charge in [0.1, 0.15) is 22.6 Å². The number of benzene rings is 2. The van der Waals surface area contributed by atoms with Gasteiger partial charge in [-0.1, -0.05) is 29.3 Å². The fraction of sp³-hybridized carbons (Fsp3) is 0. The van der Waals surface area contributed by atoms with Gasteiger partial charge in [-0.2, -0.15) is 0 Å². The van der Waals surface area contributed by atoms with Gasteiger partial charge in [-0.3, -0.25) is 4.79 Å². The Kier molecular flexibility index (Phi) is 3.88. The predicted molar refractivity (Wildman–Crippen MR) is 83.9 cm³/mol. The minimum atomic E-state index is -0.557. The topological polar surface area (TPSA) is 56.5 Å². The Bertz CT molecular complexity index is 931. The number of fused-ring (bicyclic) bond motifs is 1. The largest absolute Gasteiger partial charge is 0.462 e. The molecule has 22 heavy (non-hydrogen) atoms. The molecule has 0 spiro atoms. The van der Waals surface area contributed by atoms with E-state index in [0.717, 1.165) is 6.26 Å². The van der Waals surface area contributed by atoms with Crippen LogP contribution in [0.5, 0.6) is 5.75 Å². The molecule has 3 aromatic rings. The lowest BCUT2D eigenvalue weighted by Gasteiger charge is -2.05. The average Bonchev–Trinajstić information content (AvgIpc) is 2.51. The third kappa shape index (κ3) is 2.84. The van der Waals surface area contributed by atoms with Gasteiger partial charge < -0.3 is 9.15 Å². The van der Waals surface area contributed by atoms with Crippen molar-refractivity contribution in [2.24, 2.45) is 0 Å². The van der Waals surface area contributed by atoms with E-state index in [-0.39, 0.29) is 21.8 Å². The molecule has 0 unspecified atom stereocenters. The molecule has 4 nitrogen and oxygen atoms in total. The van der Waals surface area contributed by atoms with Gasteiger partial charge in [0.2, 0.25) is 5.43 Å². The third-order valence-corrected chi connectivity index (χ3v) is 3.47. The highest BCUT2D eigenvalue weighted by Gasteiger charge is 2.11. The van der Waals surface area contributed by atoms with Crippen LogP contribution in [-0.2, 0) is 0 Å². The van der Waals surface area contributed by atoms with Crippen LogP contribution < -0.4 is 10.2 Å².